The van der Waals surface area contributed by atoms with Gasteiger partial charge in [-0.25, -0.2) is 4.99 Å². The molecule has 26 heavy (non-hydrogen) atoms. The SMILES string of the molecule is CCNC(=NCc1nnc2n1CCC2)NCCCc1ccc(Cl)cc1Cl. The molecule has 3 rings (SSSR count). The maximum absolute atomic E-state index is 6.22. The number of rotatable bonds is 7. The minimum Gasteiger partial charge on any atom is -0.357 e. The Kier molecular flexibility index (Phi) is 6.74. The number of guanidine groups is 1. The van der Waals surface area contributed by atoms with Gasteiger partial charge in [-0.1, -0.05) is 29.3 Å². The first kappa shape index (κ1) is 19.0. The van der Waals surface area contributed by atoms with Gasteiger partial charge in [-0.3, -0.25) is 0 Å². The molecule has 0 radical (unpaired) electrons. The van der Waals surface area contributed by atoms with Crippen molar-refractivity contribution in [1.82, 2.24) is 25.4 Å². The van der Waals surface area contributed by atoms with Crippen molar-refractivity contribution in [3.05, 3.63) is 45.5 Å². The van der Waals surface area contributed by atoms with Gasteiger partial charge in [0.2, 0.25) is 0 Å². The minimum absolute atomic E-state index is 0.533. The summed E-state index contributed by atoms with van der Waals surface area (Å²) in [4.78, 5) is 4.63. The van der Waals surface area contributed by atoms with Crippen molar-refractivity contribution in [3.8, 4) is 0 Å². The summed E-state index contributed by atoms with van der Waals surface area (Å²) in [6.45, 7) is 5.21. The highest BCUT2D eigenvalue weighted by Crippen LogP contribution is 2.21. The van der Waals surface area contributed by atoms with E-state index in [1.165, 1.54) is 0 Å². The molecule has 0 saturated heterocycles. The fourth-order valence-electron chi connectivity index (χ4n) is 3.03. The highest BCUT2D eigenvalue weighted by atomic mass is 35.5. The fourth-order valence-corrected chi connectivity index (χ4v) is 3.53. The van der Waals surface area contributed by atoms with E-state index < -0.39 is 0 Å². The van der Waals surface area contributed by atoms with Gasteiger partial charge in [0.1, 0.15) is 12.4 Å². The highest BCUT2D eigenvalue weighted by molar-refractivity contribution is 6.35. The van der Waals surface area contributed by atoms with Gasteiger partial charge in [0, 0.05) is 36.1 Å². The van der Waals surface area contributed by atoms with Gasteiger partial charge in [0.25, 0.3) is 0 Å². The summed E-state index contributed by atoms with van der Waals surface area (Å²) in [5, 5.41) is 16.5. The first-order valence-corrected chi connectivity index (χ1v) is 9.80. The van der Waals surface area contributed by atoms with Gasteiger partial charge in [-0.2, -0.15) is 0 Å². The molecule has 0 amide bonds. The number of halogens is 2. The Bertz CT molecular complexity index is 771. The molecule has 0 atom stereocenters. The second kappa shape index (κ2) is 9.24. The lowest BCUT2D eigenvalue weighted by atomic mass is 10.1. The summed E-state index contributed by atoms with van der Waals surface area (Å²) in [5.74, 6) is 2.81. The molecule has 0 fully saturated rings. The number of hydrogen-bond acceptors (Lipinski definition) is 3. The van der Waals surface area contributed by atoms with E-state index in [0.29, 0.717) is 11.6 Å². The van der Waals surface area contributed by atoms with E-state index in [2.05, 4.69) is 37.3 Å². The van der Waals surface area contributed by atoms with E-state index in [1.807, 2.05) is 12.1 Å². The monoisotopic (exact) mass is 394 g/mol. The summed E-state index contributed by atoms with van der Waals surface area (Å²) in [6.07, 6.45) is 4.00. The molecule has 0 saturated carbocycles. The second-order valence-corrected chi connectivity index (χ2v) is 7.09. The summed E-state index contributed by atoms with van der Waals surface area (Å²) in [7, 11) is 0. The van der Waals surface area contributed by atoms with E-state index >= 15 is 0 Å². The van der Waals surface area contributed by atoms with Gasteiger partial charge in [-0.15, -0.1) is 10.2 Å². The molecule has 0 unspecified atom stereocenters. The number of fused-ring (bicyclic) bond motifs is 1. The third-order valence-electron chi connectivity index (χ3n) is 4.34. The number of aromatic nitrogens is 3. The summed E-state index contributed by atoms with van der Waals surface area (Å²) < 4.78 is 2.18. The quantitative estimate of drug-likeness (QED) is 0.429. The number of hydrogen-bond donors (Lipinski definition) is 2. The van der Waals surface area contributed by atoms with E-state index in [-0.39, 0.29) is 0 Å². The molecular formula is C18H24Cl2N6. The number of aryl methyl sites for hydroxylation is 2. The molecule has 1 aliphatic heterocycles. The minimum atomic E-state index is 0.533. The molecule has 1 aromatic carbocycles. The standard InChI is InChI=1S/C18H24Cl2N6/c1-2-21-18(23-12-17-25-24-16-6-4-10-26(16)17)22-9-3-5-13-7-8-14(19)11-15(13)20/h7-8,11H,2-6,9-10,12H2,1H3,(H2,21,22,23). The normalized spacial score (nSPS) is 13.7. The van der Waals surface area contributed by atoms with Crippen molar-refractivity contribution in [2.24, 2.45) is 4.99 Å². The smallest absolute Gasteiger partial charge is 0.191 e. The number of benzene rings is 1. The lowest BCUT2D eigenvalue weighted by Crippen LogP contribution is -2.38. The molecule has 140 valence electrons. The lowest BCUT2D eigenvalue weighted by Gasteiger charge is -2.11. The van der Waals surface area contributed by atoms with Crippen molar-refractivity contribution in [3.63, 3.8) is 0 Å². The fraction of sp³-hybridized carbons (Fsp3) is 0.500. The average molecular weight is 395 g/mol. The molecule has 2 aromatic rings. The van der Waals surface area contributed by atoms with Crippen molar-refractivity contribution < 1.29 is 0 Å². The third kappa shape index (κ3) is 4.89. The molecule has 1 aliphatic rings. The number of nitrogens with zero attached hydrogens (tertiary/aromatic N) is 4. The van der Waals surface area contributed by atoms with E-state index in [4.69, 9.17) is 23.2 Å². The molecule has 8 heteroatoms. The third-order valence-corrected chi connectivity index (χ3v) is 4.93. The number of nitrogens with one attached hydrogen (secondary N) is 2. The van der Waals surface area contributed by atoms with Gasteiger partial charge in [0.05, 0.1) is 0 Å². The van der Waals surface area contributed by atoms with Crippen molar-refractivity contribution >= 4 is 29.2 Å². The topological polar surface area (TPSA) is 67.1 Å². The predicted octanol–water partition coefficient (Wildman–Crippen LogP) is 3.22. The highest BCUT2D eigenvalue weighted by Gasteiger charge is 2.16. The van der Waals surface area contributed by atoms with Crippen LogP contribution >= 0.6 is 23.2 Å². The van der Waals surface area contributed by atoms with Crippen LogP contribution in [0.25, 0.3) is 0 Å². The Balaban J connectivity index is 1.50. The first-order valence-electron chi connectivity index (χ1n) is 9.04. The van der Waals surface area contributed by atoms with Crippen molar-refractivity contribution in [1.29, 1.82) is 0 Å². The molecule has 1 aromatic heterocycles. The van der Waals surface area contributed by atoms with Crippen LogP contribution < -0.4 is 10.6 Å². The van der Waals surface area contributed by atoms with Crippen LogP contribution in [0.1, 0.15) is 37.0 Å². The molecule has 6 nitrogen and oxygen atoms in total. The van der Waals surface area contributed by atoms with Crippen LogP contribution in [-0.4, -0.2) is 33.8 Å². The van der Waals surface area contributed by atoms with Crippen molar-refractivity contribution in [2.75, 3.05) is 13.1 Å². The summed E-state index contributed by atoms with van der Waals surface area (Å²) in [6, 6.07) is 5.64. The molecule has 2 N–H and O–H groups in total. The second-order valence-electron chi connectivity index (χ2n) is 6.25. The largest absolute Gasteiger partial charge is 0.357 e. The van der Waals surface area contributed by atoms with Crippen LogP contribution in [0.2, 0.25) is 10.0 Å². The van der Waals surface area contributed by atoms with E-state index in [0.717, 1.165) is 73.5 Å². The molecule has 0 spiro atoms. The van der Waals surface area contributed by atoms with Gasteiger partial charge in [0.15, 0.2) is 11.8 Å². The van der Waals surface area contributed by atoms with E-state index in [9.17, 15) is 0 Å². The molecule has 0 aliphatic carbocycles. The van der Waals surface area contributed by atoms with Crippen LogP contribution in [0, 0.1) is 0 Å². The summed E-state index contributed by atoms with van der Waals surface area (Å²) >= 11 is 12.2. The van der Waals surface area contributed by atoms with Gasteiger partial charge < -0.3 is 15.2 Å². The zero-order valence-electron chi connectivity index (χ0n) is 14.9. The zero-order chi connectivity index (χ0) is 18.4. The Hall–Kier alpha value is -1.79. The maximum Gasteiger partial charge on any atom is 0.191 e. The maximum atomic E-state index is 6.22. The van der Waals surface area contributed by atoms with E-state index in [1.54, 1.807) is 6.07 Å². The zero-order valence-corrected chi connectivity index (χ0v) is 16.4. The van der Waals surface area contributed by atoms with Crippen LogP contribution in [0.5, 0.6) is 0 Å². The van der Waals surface area contributed by atoms with Crippen LogP contribution in [-0.2, 0) is 25.9 Å². The Labute approximate surface area is 164 Å². The van der Waals surface area contributed by atoms with Crippen LogP contribution in [0.15, 0.2) is 23.2 Å². The predicted molar refractivity (Wildman–Crippen MR) is 106 cm³/mol. The van der Waals surface area contributed by atoms with Crippen molar-refractivity contribution in [2.45, 2.75) is 45.7 Å². The van der Waals surface area contributed by atoms with Gasteiger partial charge in [-0.05, 0) is 43.9 Å². The summed E-state index contributed by atoms with van der Waals surface area (Å²) in [5.41, 5.74) is 1.11. The average Bonchev–Trinajstić information content (AvgIpc) is 3.22. The lowest BCUT2D eigenvalue weighted by molar-refractivity contribution is 0.682. The first-order chi connectivity index (χ1) is 12.7. The molecule has 0 bridgehead atoms. The number of aliphatic imine (C=N–C) groups is 1. The Morgan fingerprint density at radius 3 is 2.96 bits per heavy atom. The van der Waals surface area contributed by atoms with Gasteiger partial charge >= 0.3 is 0 Å². The molecular weight excluding hydrogens is 371 g/mol. The van der Waals surface area contributed by atoms with Crippen LogP contribution in [0.4, 0.5) is 0 Å². The van der Waals surface area contributed by atoms with Crippen LogP contribution in [0.3, 0.4) is 0 Å². The Morgan fingerprint density at radius 2 is 2.15 bits per heavy atom. The Morgan fingerprint density at radius 1 is 1.27 bits per heavy atom. The molecule has 2 heterocycles.